The number of pyridine rings is 1. The van der Waals surface area contributed by atoms with Crippen molar-refractivity contribution in [2.75, 3.05) is 0 Å². The predicted octanol–water partition coefficient (Wildman–Crippen LogP) is 3.40. The van der Waals surface area contributed by atoms with Crippen molar-refractivity contribution >= 4 is 17.2 Å². The van der Waals surface area contributed by atoms with E-state index in [0.29, 0.717) is 11.3 Å². The molecule has 104 valence electrons. The number of ether oxygens (including phenoxy) is 1. The van der Waals surface area contributed by atoms with Crippen LogP contribution in [0.5, 0.6) is 11.6 Å². The van der Waals surface area contributed by atoms with Gasteiger partial charge in [-0.1, -0.05) is 12.2 Å². The molecule has 0 aliphatic heterocycles. The highest BCUT2D eigenvalue weighted by molar-refractivity contribution is 7.80. The third-order valence-corrected chi connectivity index (χ3v) is 2.86. The van der Waals surface area contributed by atoms with Gasteiger partial charge in [0.05, 0.1) is 5.56 Å². The van der Waals surface area contributed by atoms with Crippen molar-refractivity contribution in [2.24, 2.45) is 5.73 Å². The normalized spacial score (nSPS) is 10.4. The Bertz CT molecular complexity index is 689. The highest BCUT2D eigenvalue weighted by atomic mass is 32.1. The van der Waals surface area contributed by atoms with E-state index < -0.39 is 11.6 Å². The van der Waals surface area contributed by atoms with Crippen LogP contribution in [0.15, 0.2) is 24.3 Å². The first-order valence-corrected chi connectivity index (χ1v) is 6.20. The van der Waals surface area contributed by atoms with Crippen LogP contribution in [0.3, 0.4) is 0 Å². The number of nitrogens with zero attached hydrogens (tertiary/aromatic N) is 1. The molecule has 0 saturated heterocycles. The highest BCUT2D eigenvalue weighted by Gasteiger charge is 2.16. The van der Waals surface area contributed by atoms with Gasteiger partial charge in [0.1, 0.15) is 10.8 Å². The molecule has 0 amide bonds. The summed E-state index contributed by atoms with van der Waals surface area (Å²) in [6.45, 7) is 3.54. The van der Waals surface area contributed by atoms with Crippen molar-refractivity contribution in [2.45, 2.75) is 13.8 Å². The molecule has 2 rings (SSSR count). The maximum absolute atomic E-state index is 13.6. The van der Waals surface area contributed by atoms with E-state index in [2.05, 4.69) is 4.98 Å². The summed E-state index contributed by atoms with van der Waals surface area (Å²) < 4.78 is 32.1. The minimum atomic E-state index is -0.693. The maximum Gasteiger partial charge on any atom is 0.230 e. The van der Waals surface area contributed by atoms with Crippen LogP contribution in [0, 0.1) is 25.5 Å². The van der Waals surface area contributed by atoms with E-state index in [0.717, 1.165) is 23.8 Å². The van der Waals surface area contributed by atoms with Crippen molar-refractivity contribution in [3.05, 3.63) is 52.7 Å². The molecule has 0 fully saturated rings. The third-order valence-electron chi connectivity index (χ3n) is 2.66. The molecular weight excluding hydrogens is 282 g/mol. The van der Waals surface area contributed by atoms with E-state index in [1.807, 2.05) is 0 Å². The first-order chi connectivity index (χ1) is 9.38. The standard InChI is InChI=1S/C14H12F2N2OS/c1-7-5-8(2)18-14(12(7)13(17)20)19-11-6-9(15)3-4-10(11)16/h3-6H,1-2H3,(H2,17,20). The maximum atomic E-state index is 13.6. The van der Waals surface area contributed by atoms with Gasteiger partial charge in [0.25, 0.3) is 0 Å². The van der Waals surface area contributed by atoms with Gasteiger partial charge in [0.2, 0.25) is 5.88 Å². The molecule has 0 aliphatic rings. The van der Waals surface area contributed by atoms with Crippen molar-refractivity contribution in [1.29, 1.82) is 0 Å². The molecule has 6 heteroatoms. The minimum absolute atomic E-state index is 0.0690. The number of aryl methyl sites for hydroxylation is 2. The zero-order valence-electron chi connectivity index (χ0n) is 10.9. The summed E-state index contributed by atoms with van der Waals surface area (Å²) in [7, 11) is 0. The fraction of sp³-hybridized carbons (Fsp3) is 0.143. The molecule has 0 aliphatic carbocycles. The Balaban J connectivity index is 2.53. The first-order valence-electron chi connectivity index (χ1n) is 5.79. The number of hydrogen-bond donors (Lipinski definition) is 1. The van der Waals surface area contributed by atoms with Gasteiger partial charge in [0.15, 0.2) is 11.6 Å². The number of hydrogen-bond acceptors (Lipinski definition) is 3. The Morgan fingerprint density at radius 3 is 2.60 bits per heavy atom. The molecule has 1 aromatic heterocycles. The summed E-state index contributed by atoms with van der Waals surface area (Å²) in [5, 5.41) is 0. The van der Waals surface area contributed by atoms with Gasteiger partial charge in [-0.3, -0.25) is 0 Å². The van der Waals surface area contributed by atoms with Gasteiger partial charge in [-0.05, 0) is 37.6 Å². The molecule has 0 unspecified atom stereocenters. The van der Waals surface area contributed by atoms with Gasteiger partial charge in [0, 0.05) is 11.8 Å². The summed E-state index contributed by atoms with van der Waals surface area (Å²) in [5.74, 6) is -1.50. The fourth-order valence-electron chi connectivity index (χ4n) is 1.84. The molecular formula is C14H12F2N2OS. The van der Waals surface area contributed by atoms with E-state index >= 15 is 0 Å². The molecule has 2 N–H and O–H groups in total. The Morgan fingerprint density at radius 2 is 1.95 bits per heavy atom. The Hall–Kier alpha value is -2.08. The minimum Gasteiger partial charge on any atom is -0.435 e. The SMILES string of the molecule is Cc1cc(C)c(C(N)=S)c(Oc2cc(F)ccc2F)n1. The van der Waals surface area contributed by atoms with Crippen LogP contribution in [-0.4, -0.2) is 9.97 Å². The summed E-state index contributed by atoms with van der Waals surface area (Å²) >= 11 is 4.95. The molecule has 0 radical (unpaired) electrons. The topological polar surface area (TPSA) is 48.1 Å². The van der Waals surface area contributed by atoms with Crippen LogP contribution in [0.1, 0.15) is 16.8 Å². The van der Waals surface area contributed by atoms with Gasteiger partial charge < -0.3 is 10.5 Å². The lowest BCUT2D eigenvalue weighted by molar-refractivity contribution is 0.420. The Labute approximate surface area is 120 Å². The van der Waals surface area contributed by atoms with Crippen LogP contribution in [0.4, 0.5) is 8.78 Å². The summed E-state index contributed by atoms with van der Waals surface area (Å²) in [5.41, 5.74) is 7.46. The number of benzene rings is 1. The predicted molar refractivity (Wildman–Crippen MR) is 76.0 cm³/mol. The van der Waals surface area contributed by atoms with Crippen molar-refractivity contribution in [3.8, 4) is 11.6 Å². The quantitative estimate of drug-likeness (QED) is 0.881. The molecule has 3 nitrogen and oxygen atoms in total. The zero-order chi connectivity index (χ0) is 14.9. The van der Waals surface area contributed by atoms with E-state index in [-0.39, 0.29) is 16.6 Å². The van der Waals surface area contributed by atoms with Gasteiger partial charge in [-0.15, -0.1) is 0 Å². The Kier molecular flexibility index (Phi) is 3.94. The lowest BCUT2D eigenvalue weighted by Gasteiger charge is -2.13. The van der Waals surface area contributed by atoms with E-state index in [4.69, 9.17) is 22.7 Å². The monoisotopic (exact) mass is 294 g/mol. The largest absolute Gasteiger partial charge is 0.435 e. The number of rotatable bonds is 3. The highest BCUT2D eigenvalue weighted by Crippen LogP contribution is 2.28. The lowest BCUT2D eigenvalue weighted by atomic mass is 10.1. The van der Waals surface area contributed by atoms with E-state index in [1.165, 1.54) is 0 Å². The number of halogens is 2. The first kappa shape index (κ1) is 14.3. The molecule has 2 aromatic rings. The average Bonchev–Trinajstić information content (AvgIpc) is 2.32. The van der Waals surface area contributed by atoms with Crippen molar-refractivity contribution in [3.63, 3.8) is 0 Å². The van der Waals surface area contributed by atoms with Crippen LogP contribution in [0.2, 0.25) is 0 Å². The van der Waals surface area contributed by atoms with Crippen molar-refractivity contribution < 1.29 is 13.5 Å². The summed E-state index contributed by atoms with van der Waals surface area (Å²) in [4.78, 5) is 4.23. The van der Waals surface area contributed by atoms with E-state index in [1.54, 1.807) is 19.9 Å². The van der Waals surface area contributed by atoms with Crippen LogP contribution < -0.4 is 10.5 Å². The molecule has 20 heavy (non-hydrogen) atoms. The third kappa shape index (κ3) is 2.91. The van der Waals surface area contributed by atoms with Crippen molar-refractivity contribution in [1.82, 2.24) is 4.98 Å². The second-order valence-electron chi connectivity index (χ2n) is 4.30. The molecule has 0 bridgehead atoms. The Morgan fingerprint density at radius 1 is 1.25 bits per heavy atom. The van der Waals surface area contributed by atoms with Crippen LogP contribution in [-0.2, 0) is 0 Å². The van der Waals surface area contributed by atoms with Crippen LogP contribution >= 0.6 is 12.2 Å². The number of thiocarbonyl (C=S) groups is 1. The molecule has 0 atom stereocenters. The average molecular weight is 294 g/mol. The number of aromatic nitrogens is 1. The number of nitrogens with two attached hydrogens (primary N) is 1. The summed E-state index contributed by atoms with van der Waals surface area (Å²) in [6, 6.07) is 4.71. The van der Waals surface area contributed by atoms with Gasteiger partial charge >= 0.3 is 0 Å². The second kappa shape index (κ2) is 5.50. The molecule has 0 spiro atoms. The van der Waals surface area contributed by atoms with E-state index in [9.17, 15) is 8.78 Å². The van der Waals surface area contributed by atoms with Gasteiger partial charge in [-0.25, -0.2) is 13.8 Å². The molecule has 1 heterocycles. The zero-order valence-corrected chi connectivity index (χ0v) is 11.7. The summed E-state index contributed by atoms with van der Waals surface area (Å²) in [6.07, 6.45) is 0. The molecule has 1 aromatic carbocycles. The van der Waals surface area contributed by atoms with Gasteiger partial charge in [-0.2, -0.15) is 0 Å². The second-order valence-corrected chi connectivity index (χ2v) is 4.74. The van der Waals surface area contributed by atoms with Crippen LogP contribution in [0.25, 0.3) is 0 Å². The fourth-order valence-corrected chi connectivity index (χ4v) is 2.08. The molecule has 0 saturated carbocycles. The smallest absolute Gasteiger partial charge is 0.230 e. The lowest BCUT2D eigenvalue weighted by Crippen LogP contribution is -2.14.